The number of carboxylic acids is 1. The molecule has 1 aliphatic rings. The van der Waals surface area contributed by atoms with Gasteiger partial charge in [-0.1, -0.05) is 18.2 Å². The highest BCUT2D eigenvalue weighted by Gasteiger charge is 2.38. The maximum Gasteiger partial charge on any atom is 0.326 e. The van der Waals surface area contributed by atoms with Gasteiger partial charge in [0.1, 0.15) is 24.2 Å². The van der Waals surface area contributed by atoms with E-state index < -0.39 is 59.9 Å². The molecule has 1 aromatic carbocycles. The zero-order valence-corrected chi connectivity index (χ0v) is 21.1. The molecule has 3 rings (SSSR count). The van der Waals surface area contributed by atoms with Crippen LogP contribution in [0.25, 0.3) is 10.9 Å². The molecule has 38 heavy (non-hydrogen) atoms. The highest BCUT2D eigenvalue weighted by Crippen LogP contribution is 2.23. The van der Waals surface area contributed by atoms with E-state index in [2.05, 4.69) is 15.6 Å². The minimum Gasteiger partial charge on any atom is -0.480 e. The lowest BCUT2D eigenvalue weighted by molar-refractivity contribution is -0.149. The van der Waals surface area contributed by atoms with E-state index in [0.717, 1.165) is 16.5 Å². The van der Waals surface area contributed by atoms with Gasteiger partial charge in [-0.3, -0.25) is 19.2 Å². The number of hydrogen-bond donors (Lipinski definition) is 7. The quantitative estimate of drug-likeness (QED) is 0.175. The van der Waals surface area contributed by atoms with Crippen molar-refractivity contribution < 1.29 is 34.2 Å². The Kier molecular flexibility index (Phi) is 9.42. The number of aromatic nitrogens is 1. The molecule has 13 heteroatoms. The molecule has 0 aliphatic carbocycles. The number of nitrogens with two attached hydrogens (primary N) is 2. The molecule has 9 N–H and O–H groups in total. The minimum absolute atomic E-state index is 0.0428. The molecule has 5 unspecified atom stereocenters. The van der Waals surface area contributed by atoms with E-state index in [-0.39, 0.29) is 25.8 Å². The molecule has 1 aliphatic heterocycles. The number of carbonyl (C=O) groups is 5. The summed E-state index contributed by atoms with van der Waals surface area (Å²) in [6.45, 7) is 1.54. The van der Waals surface area contributed by atoms with Crippen molar-refractivity contribution in [1.29, 1.82) is 0 Å². The molecule has 0 spiro atoms. The first-order chi connectivity index (χ1) is 18.0. The zero-order valence-electron chi connectivity index (χ0n) is 21.1. The third-order valence-corrected chi connectivity index (χ3v) is 6.67. The molecular weight excluding hydrogens is 496 g/mol. The smallest absolute Gasteiger partial charge is 0.326 e. The van der Waals surface area contributed by atoms with Crippen LogP contribution in [-0.2, 0) is 30.4 Å². The number of likely N-dealkylation sites (tertiary alicyclic amines) is 1. The topological polar surface area (TPSA) is 221 Å². The number of aromatic amines is 1. The predicted molar refractivity (Wildman–Crippen MR) is 136 cm³/mol. The van der Waals surface area contributed by atoms with Crippen molar-refractivity contribution in [3.63, 3.8) is 0 Å². The van der Waals surface area contributed by atoms with Crippen molar-refractivity contribution in [3.8, 4) is 0 Å². The van der Waals surface area contributed by atoms with Crippen LogP contribution in [0.2, 0.25) is 0 Å². The maximum absolute atomic E-state index is 13.6. The molecule has 0 radical (unpaired) electrons. The standard InChI is InChI=1S/C25H34N6O7/c1-13(32)21(27)23(35)29-17(8-9-20(26)33)22(34)30-18(24(36)31-10-4-7-19(31)25(37)38)11-14-12-28-16-6-3-2-5-15(14)16/h2-3,5-6,12-13,17-19,21,28,32H,4,7-11,27H2,1H3,(H2,26,33)(H,29,35)(H,30,34)(H,37,38). The Morgan fingerprint density at radius 2 is 1.82 bits per heavy atom. The van der Waals surface area contributed by atoms with E-state index in [4.69, 9.17) is 11.5 Å². The first-order valence-corrected chi connectivity index (χ1v) is 12.4. The number of carboxylic acid groups (broad SMARTS) is 1. The number of aliphatic hydroxyl groups is 1. The van der Waals surface area contributed by atoms with Gasteiger partial charge in [-0.15, -0.1) is 0 Å². The van der Waals surface area contributed by atoms with Gasteiger partial charge in [0.15, 0.2) is 0 Å². The van der Waals surface area contributed by atoms with Crippen molar-refractivity contribution in [2.75, 3.05) is 6.54 Å². The molecule has 206 valence electrons. The molecule has 4 amide bonds. The average Bonchev–Trinajstić information content (AvgIpc) is 3.52. The van der Waals surface area contributed by atoms with Crippen molar-refractivity contribution >= 4 is 40.5 Å². The SMILES string of the molecule is CC(O)C(N)C(=O)NC(CCC(N)=O)C(=O)NC(Cc1c[nH]c2ccccc12)C(=O)N1CCCC1C(=O)O. The summed E-state index contributed by atoms with van der Waals surface area (Å²) in [5.74, 6) is -4.01. The number of rotatable bonds is 12. The third-order valence-electron chi connectivity index (χ3n) is 6.67. The van der Waals surface area contributed by atoms with E-state index in [9.17, 15) is 34.2 Å². The van der Waals surface area contributed by atoms with Crippen LogP contribution in [0.4, 0.5) is 0 Å². The lowest BCUT2D eigenvalue weighted by atomic mass is 10.0. The van der Waals surface area contributed by atoms with Crippen molar-refractivity contribution in [3.05, 3.63) is 36.0 Å². The maximum atomic E-state index is 13.6. The van der Waals surface area contributed by atoms with Crippen LogP contribution in [-0.4, -0.2) is 86.5 Å². The van der Waals surface area contributed by atoms with E-state index in [1.54, 1.807) is 6.20 Å². The number of benzene rings is 1. The molecule has 1 fully saturated rings. The first-order valence-electron chi connectivity index (χ1n) is 12.4. The van der Waals surface area contributed by atoms with Crippen LogP contribution < -0.4 is 22.1 Å². The van der Waals surface area contributed by atoms with Gasteiger partial charge in [-0.25, -0.2) is 4.79 Å². The van der Waals surface area contributed by atoms with Gasteiger partial charge in [0, 0.05) is 36.5 Å². The number of para-hydroxylation sites is 1. The van der Waals surface area contributed by atoms with Gasteiger partial charge >= 0.3 is 5.97 Å². The van der Waals surface area contributed by atoms with Crippen LogP contribution in [0.15, 0.2) is 30.5 Å². The number of amides is 4. The van der Waals surface area contributed by atoms with Crippen LogP contribution >= 0.6 is 0 Å². The van der Waals surface area contributed by atoms with E-state index in [0.29, 0.717) is 12.8 Å². The fourth-order valence-electron chi connectivity index (χ4n) is 4.52. The molecule has 1 saturated heterocycles. The molecule has 5 atom stereocenters. The number of carbonyl (C=O) groups excluding carboxylic acids is 4. The summed E-state index contributed by atoms with van der Waals surface area (Å²) in [7, 11) is 0. The number of hydrogen-bond acceptors (Lipinski definition) is 7. The summed E-state index contributed by atoms with van der Waals surface area (Å²) in [4.78, 5) is 66.9. The van der Waals surface area contributed by atoms with Gasteiger partial charge in [-0.2, -0.15) is 0 Å². The van der Waals surface area contributed by atoms with E-state index >= 15 is 0 Å². The van der Waals surface area contributed by atoms with Gasteiger partial charge in [-0.05, 0) is 37.8 Å². The highest BCUT2D eigenvalue weighted by molar-refractivity contribution is 5.95. The summed E-state index contributed by atoms with van der Waals surface area (Å²) in [5, 5.41) is 25.1. The Hall–Kier alpha value is -3.97. The Morgan fingerprint density at radius 1 is 1.13 bits per heavy atom. The van der Waals surface area contributed by atoms with Crippen LogP contribution in [0, 0.1) is 0 Å². The van der Waals surface area contributed by atoms with Gasteiger partial charge in [0.2, 0.25) is 23.6 Å². The summed E-state index contributed by atoms with van der Waals surface area (Å²) in [6.07, 6.45) is 0.944. The molecular formula is C25H34N6O7. The minimum atomic E-state index is -1.33. The fraction of sp³-hybridized carbons (Fsp3) is 0.480. The summed E-state index contributed by atoms with van der Waals surface area (Å²) in [6, 6.07) is 2.59. The number of fused-ring (bicyclic) bond motifs is 1. The second kappa shape index (κ2) is 12.5. The lowest BCUT2D eigenvalue weighted by Crippen LogP contribution is -2.58. The number of aliphatic carboxylic acids is 1. The van der Waals surface area contributed by atoms with Gasteiger partial charge in [0.25, 0.3) is 0 Å². The van der Waals surface area contributed by atoms with Crippen molar-refractivity contribution in [1.82, 2.24) is 20.5 Å². The number of primary amides is 1. The van der Waals surface area contributed by atoms with Gasteiger partial charge in [0.05, 0.1) is 6.10 Å². The second-order valence-corrected chi connectivity index (χ2v) is 9.49. The van der Waals surface area contributed by atoms with Crippen LogP contribution in [0.1, 0.15) is 38.2 Å². The molecule has 0 saturated carbocycles. The Balaban J connectivity index is 1.88. The molecule has 0 bridgehead atoms. The van der Waals surface area contributed by atoms with Crippen molar-refractivity contribution in [2.45, 2.75) is 69.3 Å². The molecule has 2 heterocycles. The van der Waals surface area contributed by atoms with Crippen LogP contribution in [0.5, 0.6) is 0 Å². The molecule has 13 nitrogen and oxygen atoms in total. The number of H-pyrrole nitrogens is 1. The van der Waals surface area contributed by atoms with Gasteiger partial charge < -0.3 is 42.2 Å². The first kappa shape index (κ1) is 28.6. The summed E-state index contributed by atoms with van der Waals surface area (Å²) in [5.41, 5.74) is 12.5. The Morgan fingerprint density at radius 3 is 2.47 bits per heavy atom. The predicted octanol–water partition coefficient (Wildman–Crippen LogP) is -1.27. The summed E-state index contributed by atoms with van der Waals surface area (Å²) < 4.78 is 0. The molecule has 2 aromatic rings. The number of nitrogens with one attached hydrogen (secondary N) is 3. The Bertz CT molecular complexity index is 1200. The zero-order chi connectivity index (χ0) is 28.0. The van der Waals surface area contributed by atoms with Crippen LogP contribution in [0.3, 0.4) is 0 Å². The average molecular weight is 531 g/mol. The van der Waals surface area contributed by atoms with E-state index in [1.807, 2.05) is 24.3 Å². The monoisotopic (exact) mass is 530 g/mol. The Labute approximate surface area is 218 Å². The number of nitrogens with zero attached hydrogens (tertiary/aromatic N) is 1. The second-order valence-electron chi connectivity index (χ2n) is 9.49. The number of aliphatic hydroxyl groups excluding tert-OH is 1. The normalized spacial score (nSPS) is 18.4. The van der Waals surface area contributed by atoms with E-state index in [1.165, 1.54) is 11.8 Å². The van der Waals surface area contributed by atoms with Crippen molar-refractivity contribution in [2.24, 2.45) is 11.5 Å². The molecule has 1 aromatic heterocycles. The highest BCUT2D eigenvalue weighted by atomic mass is 16.4. The third kappa shape index (κ3) is 6.86. The lowest BCUT2D eigenvalue weighted by Gasteiger charge is -2.29. The summed E-state index contributed by atoms with van der Waals surface area (Å²) >= 11 is 0. The fourth-order valence-corrected chi connectivity index (χ4v) is 4.52. The largest absolute Gasteiger partial charge is 0.480 e.